The third kappa shape index (κ3) is 2.64. The average molecular weight is 234 g/mol. The Bertz CT molecular complexity index is 423. The number of hydrogen-bond acceptors (Lipinski definition) is 4. The fraction of sp³-hybridized carbons (Fsp3) is 0.385. The third-order valence-electron chi connectivity index (χ3n) is 2.71. The van der Waals surface area contributed by atoms with Gasteiger partial charge in [-0.15, -0.1) is 0 Å². The molecule has 2 rings (SSSR count). The summed E-state index contributed by atoms with van der Waals surface area (Å²) in [6.07, 6.45) is 0.464. The molecule has 0 aromatic heterocycles. The van der Waals surface area contributed by atoms with Crippen molar-refractivity contribution in [3.63, 3.8) is 0 Å². The lowest BCUT2D eigenvalue weighted by Crippen LogP contribution is -2.24. The van der Waals surface area contributed by atoms with Gasteiger partial charge in [0.2, 0.25) is 0 Å². The molecule has 0 N–H and O–H groups in total. The molecule has 0 bridgehead atoms. The SMILES string of the molecule is CCOc1ccccc1C1CC(=O)OC(=O)C1. The van der Waals surface area contributed by atoms with Gasteiger partial charge in [-0.05, 0) is 18.6 Å². The molecule has 1 aliphatic heterocycles. The van der Waals surface area contributed by atoms with Crippen LogP contribution in [-0.4, -0.2) is 18.5 Å². The van der Waals surface area contributed by atoms with Crippen molar-refractivity contribution in [2.24, 2.45) is 0 Å². The molecule has 17 heavy (non-hydrogen) atoms. The number of carbonyl (C=O) groups excluding carboxylic acids is 2. The fourth-order valence-corrected chi connectivity index (χ4v) is 2.01. The van der Waals surface area contributed by atoms with Crippen LogP contribution in [0.3, 0.4) is 0 Å². The second-order valence-corrected chi connectivity index (χ2v) is 3.92. The quantitative estimate of drug-likeness (QED) is 0.593. The van der Waals surface area contributed by atoms with Crippen LogP contribution < -0.4 is 4.74 Å². The second kappa shape index (κ2) is 4.99. The molecule has 1 saturated heterocycles. The number of ether oxygens (including phenoxy) is 2. The highest BCUT2D eigenvalue weighted by Gasteiger charge is 2.29. The van der Waals surface area contributed by atoms with Crippen molar-refractivity contribution >= 4 is 11.9 Å². The summed E-state index contributed by atoms with van der Waals surface area (Å²) in [5.74, 6) is -0.316. The summed E-state index contributed by atoms with van der Waals surface area (Å²) in [5.41, 5.74) is 0.902. The predicted octanol–water partition coefficient (Wildman–Crippen LogP) is 2.03. The number of rotatable bonds is 3. The van der Waals surface area contributed by atoms with Crippen LogP contribution in [0.5, 0.6) is 5.75 Å². The van der Waals surface area contributed by atoms with Gasteiger partial charge in [-0.1, -0.05) is 18.2 Å². The minimum Gasteiger partial charge on any atom is -0.494 e. The Morgan fingerprint density at radius 2 is 1.88 bits per heavy atom. The van der Waals surface area contributed by atoms with Crippen molar-refractivity contribution in [3.05, 3.63) is 29.8 Å². The number of esters is 2. The third-order valence-corrected chi connectivity index (χ3v) is 2.71. The smallest absolute Gasteiger partial charge is 0.314 e. The molecule has 1 aromatic carbocycles. The topological polar surface area (TPSA) is 52.6 Å². The lowest BCUT2D eigenvalue weighted by atomic mass is 9.90. The maximum absolute atomic E-state index is 11.2. The van der Waals surface area contributed by atoms with Gasteiger partial charge < -0.3 is 9.47 Å². The summed E-state index contributed by atoms with van der Waals surface area (Å²) >= 11 is 0. The summed E-state index contributed by atoms with van der Waals surface area (Å²) in [5, 5.41) is 0. The first-order valence-corrected chi connectivity index (χ1v) is 5.66. The lowest BCUT2D eigenvalue weighted by molar-refractivity contribution is -0.163. The minimum absolute atomic E-state index is 0.133. The monoisotopic (exact) mass is 234 g/mol. The molecule has 4 heteroatoms. The van der Waals surface area contributed by atoms with Crippen molar-refractivity contribution < 1.29 is 19.1 Å². The Kier molecular flexibility index (Phi) is 3.42. The van der Waals surface area contributed by atoms with Gasteiger partial charge in [0.05, 0.1) is 19.4 Å². The first kappa shape index (κ1) is 11.6. The Hall–Kier alpha value is -1.84. The van der Waals surface area contributed by atoms with Crippen LogP contribution in [0.4, 0.5) is 0 Å². The van der Waals surface area contributed by atoms with E-state index in [1.165, 1.54) is 0 Å². The van der Waals surface area contributed by atoms with E-state index in [2.05, 4.69) is 4.74 Å². The number of cyclic esters (lactones) is 2. The summed E-state index contributed by atoms with van der Waals surface area (Å²) in [6, 6.07) is 7.49. The van der Waals surface area contributed by atoms with E-state index >= 15 is 0 Å². The molecule has 0 saturated carbocycles. The van der Waals surface area contributed by atoms with E-state index in [0.717, 1.165) is 11.3 Å². The molecule has 1 heterocycles. The summed E-state index contributed by atoms with van der Waals surface area (Å²) in [4.78, 5) is 22.5. The van der Waals surface area contributed by atoms with Gasteiger partial charge in [-0.2, -0.15) is 0 Å². The van der Waals surface area contributed by atoms with E-state index < -0.39 is 11.9 Å². The van der Waals surface area contributed by atoms with Gasteiger partial charge in [0.25, 0.3) is 0 Å². The normalized spacial score (nSPS) is 16.8. The van der Waals surface area contributed by atoms with Crippen LogP contribution in [0.15, 0.2) is 24.3 Å². The average Bonchev–Trinajstić information content (AvgIpc) is 2.29. The molecular formula is C13H14O4. The van der Waals surface area contributed by atoms with E-state index in [-0.39, 0.29) is 18.8 Å². The molecule has 4 nitrogen and oxygen atoms in total. The molecule has 0 aliphatic carbocycles. The molecular weight excluding hydrogens is 220 g/mol. The molecule has 0 amide bonds. The van der Waals surface area contributed by atoms with E-state index in [0.29, 0.717) is 6.61 Å². The molecule has 0 atom stereocenters. The highest BCUT2D eigenvalue weighted by Crippen LogP contribution is 2.34. The van der Waals surface area contributed by atoms with E-state index in [1.54, 1.807) is 0 Å². The Balaban J connectivity index is 2.26. The molecule has 0 spiro atoms. The van der Waals surface area contributed by atoms with E-state index in [9.17, 15) is 9.59 Å². The Morgan fingerprint density at radius 3 is 2.53 bits per heavy atom. The molecule has 0 radical (unpaired) electrons. The van der Waals surface area contributed by atoms with Crippen molar-refractivity contribution in [2.75, 3.05) is 6.61 Å². The highest BCUT2D eigenvalue weighted by molar-refractivity contribution is 5.89. The molecule has 90 valence electrons. The standard InChI is InChI=1S/C13H14O4/c1-2-16-11-6-4-3-5-10(11)9-7-12(14)17-13(15)8-9/h3-6,9H,2,7-8H2,1H3. The maximum atomic E-state index is 11.2. The zero-order valence-electron chi connectivity index (χ0n) is 9.64. The highest BCUT2D eigenvalue weighted by atomic mass is 16.6. The van der Waals surface area contributed by atoms with Gasteiger partial charge in [-0.3, -0.25) is 9.59 Å². The molecule has 0 unspecified atom stereocenters. The fourth-order valence-electron chi connectivity index (χ4n) is 2.01. The van der Waals surface area contributed by atoms with Crippen LogP contribution in [0.2, 0.25) is 0 Å². The van der Waals surface area contributed by atoms with Crippen LogP contribution in [-0.2, 0) is 14.3 Å². The van der Waals surface area contributed by atoms with Crippen molar-refractivity contribution in [3.8, 4) is 5.75 Å². The van der Waals surface area contributed by atoms with Gasteiger partial charge >= 0.3 is 11.9 Å². The Morgan fingerprint density at radius 1 is 1.24 bits per heavy atom. The summed E-state index contributed by atoms with van der Waals surface area (Å²) < 4.78 is 10.0. The second-order valence-electron chi connectivity index (χ2n) is 3.92. The maximum Gasteiger partial charge on any atom is 0.314 e. The van der Waals surface area contributed by atoms with Gasteiger partial charge in [0.15, 0.2) is 0 Å². The Labute approximate surface area is 99.5 Å². The number of hydrogen-bond donors (Lipinski definition) is 0. The first-order chi connectivity index (χ1) is 8.20. The molecule has 1 aliphatic rings. The number of carbonyl (C=O) groups is 2. The predicted molar refractivity (Wildman–Crippen MR) is 60.7 cm³/mol. The molecule has 1 aromatic rings. The van der Waals surface area contributed by atoms with Gasteiger partial charge in [0.1, 0.15) is 5.75 Å². The van der Waals surface area contributed by atoms with Crippen LogP contribution in [0.25, 0.3) is 0 Å². The van der Waals surface area contributed by atoms with Crippen LogP contribution in [0.1, 0.15) is 31.2 Å². The zero-order valence-corrected chi connectivity index (χ0v) is 9.64. The van der Waals surface area contributed by atoms with Crippen LogP contribution >= 0.6 is 0 Å². The number of para-hydroxylation sites is 1. The summed E-state index contributed by atoms with van der Waals surface area (Å²) in [6.45, 7) is 2.46. The van der Waals surface area contributed by atoms with E-state index in [4.69, 9.17) is 4.74 Å². The van der Waals surface area contributed by atoms with E-state index in [1.807, 2.05) is 31.2 Å². The van der Waals surface area contributed by atoms with Crippen molar-refractivity contribution in [1.82, 2.24) is 0 Å². The first-order valence-electron chi connectivity index (χ1n) is 5.66. The lowest BCUT2D eigenvalue weighted by Gasteiger charge is -2.22. The minimum atomic E-state index is -0.461. The van der Waals surface area contributed by atoms with Crippen molar-refractivity contribution in [1.29, 1.82) is 0 Å². The summed E-state index contributed by atoms with van der Waals surface area (Å²) in [7, 11) is 0. The van der Waals surface area contributed by atoms with Crippen molar-refractivity contribution in [2.45, 2.75) is 25.7 Å². The zero-order chi connectivity index (χ0) is 12.3. The molecule has 1 fully saturated rings. The van der Waals surface area contributed by atoms with Gasteiger partial charge in [0, 0.05) is 5.92 Å². The van der Waals surface area contributed by atoms with Gasteiger partial charge in [-0.25, -0.2) is 0 Å². The number of benzene rings is 1. The largest absolute Gasteiger partial charge is 0.494 e. The van der Waals surface area contributed by atoms with Crippen LogP contribution in [0, 0.1) is 0 Å².